The molecule has 18 heavy (non-hydrogen) atoms. The smallest absolute Gasteiger partial charge is 0.266 e. The summed E-state index contributed by atoms with van der Waals surface area (Å²) in [5.74, 6) is 0. The first-order valence-electron chi connectivity index (χ1n) is 5.81. The summed E-state index contributed by atoms with van der Waals surface area (Å²) < 4.78 is 28.6. The highest BCUT2D eigenvalue weighted by Crippen LogP contribution is 2.23. The number of hydrogen-bond donors (Lipinski definition) is 0. The van der Waals surface area contributed by atoms with E-state index in [-0.39, 0.29) is 21.5 Å². The van der Waals surface area contributed by atoms with Gasteiger partial charge in [-0.3, -0.25) is 4.18 Å². The molecule has 0 radical (unpaired) electrons. The molecule has 1 aromatic rings. The predicted octanol–water partition coefficient (Wildman–Crippen LogP) is 4.28. The van der Waals surface area contributed by atoms with E-state index in [0.717, 1.165) is 25.7 Å². The van der Waals surface area contributed by atoms with Crippen LogP contribution in [0.1, 0.15) is 32.6 Å². The molecule has 0 aliphatic carbocycles. The molecule has 102 valence electrons. The minimum absolute atomic E-state index is 0.00417. The molecule has 0 aliphatic rings. The molecule has 0 saturated carbocycles. The second-order valence-corrected chi connectivity index (χ2v) is 6.43. The normalized spacial score (nSPS) is 11.7. The van der Waals surface area contributed by atoms with Gasteiger partial charge in [-0.05, 0) is 24.6 Å². The molecule has 0 fully saturated rings. The zero-order valence-electron chi connectivity index (χ0n) is 10.2. The van der Waals surface area contributed by atoms with Gasteiger partial charge >= 0.3 is 0 Å². The Morgan fingerprint density at radius 1 is 1.06 bits per heavy atom. The summed E-state index contributed by atoms with van der Waals surface area (Å²) in [5.41, 5.74) is 0. The zero-order chi connectivity index (χ0) is 13.6. The first kappa shape index (κ1) is 15.8. The van der Waals surface area contributed by atoms with Gasteiger partial charge in [0.2, 0.25) is 0 Å². The molecular weight excluding hydrogens is 295 g/mol. The second kappa shape index (κ2) is 7.34. The Hall–Kier alpha value is -0.290. The summed E-state index contributed by atoms with van der Waals surface area (Å²) >= 11 is 11.5. The molecule has 0 bridgehead atoms. The average molecular weight is 311 g/mol. The van der Waals surface area contributed by atoms with Crippen molar-refractivity contribution in [1.29, 1.82) is 0 Å². The number of unbranched alkanes of at least 4 members (excludes halogenated alkanes) is 3. The quantitative estimate of drug-likeness (QED) is 0.557. The number of benzene rings is 1. The summed E-state index contributed by atoms with van der Waals surface area (Å²) in [7, 11) is -3.76. The second-order valence-electron chi connectivity index (χ2n) is 3.94. The minimum Gasteiger partial charge on any atom is -0.266 e. The Labute approximate surface area is 118 Å². The van der Waals surface area contributed by atoms with Crippen molar-refractivity contribution in [2.24, 2.45) is 0 Å². The van der Waals surface area contributed by atoms with Crippen molar-refractivity contribution >= 4 is 33.3 Å². The van der Waals surface area contributed by atoms with E-state index in [1.807, 2.05) is 0 Å². The summed E-state index contributed by atoms with van der Waals surface area (Å²) in [6, 6.07) is 4.13. The topological polar surface area (TPSA) is 43.4 Å². The predicted molar refractivity (Wildman–Crippen MR) is 73.7 cm³/mol. The lowest BCUT2D eigenvalue weighted by Crippen LogP contribution is -2.07. The fraction of sp³-hybridized carbons (Fsp3) is 0.500. The van der Waals surface area contributed by atoms with Gasteiger partial charge in [-0.2, -0.15) is 8.42 Å². The molecule has 0 aromatic heterocycles. The molecule has 0 heterocycles. The first-order chi connectivity index (χ1) is 8.45. The number of hydrogen-bond acceptors (Lipinski definition) is 3. The third-order valence-corrected chi connectivity index (χ3v) is 4.09. The van der Waals surface area contributed by atoms with Gasteiger partial charge in [-0.15, -0.1) is 0 Å². The van der Waals surface area contributed by atoms with E-state index in [0.29, 0.717) is 0 Å². The van der Waals surface area contributed by atoms with E-state index >= 15 is 0 Å². The maximum atomic E-state index is 11.8. The van der Waals surface area contributed by atoms with Crippen LogP contribution in [-0.2, 0) is 14.3 Å². The minimum atomic E-state index is -3.76. The van der Waals surface area contributed by atoms with E-state index in [2.05, 4.69) is 6.92 Å². The third-order valence-electron chi connectivity index (χ3n) is 2.36. The lowest BCUT2D eigenvalue weighted by molar-refractivity contribution is 0.307. The van der Waals surface area contributed by atoms with Gasteiger partial charge in [-0.1, -0.05) is 49.4 Å². The Bertz CT molecular complexity index is 466. The molecule has 0 aliphatic heterocycles. The molecule has 0 saturated heterocycles. The van der Waals surface area contributed by atoms with E-state index in [1.165, 1.54) is 18.2 Å². The Morgan fingerprint density at radius 3 is 2.22 bits per heavy atom. The molecule has 0 amide bonds. The molecule has 0 atom stereocenters. The first-order valence-corrected chi connectivity index (χ1v) is 7.97. The summed E-state index contributed by atoms with van der Waals surface area (Å²) in [4.78, 5) is -0.00417. The van der Waals surface area contributed by atoms with Gasteiger partial charge in [0.15, 0.2) is 0 Å². The zero-order valence-corrected chi connectivity index (χ0v) is 12.5. The van der Waals surface area contributed by atoms with Crippen LogP contribution in [0.2, 0.25) is 10.0 Å². The average Bonchev–Trinajstić information content (AvgIpc) is 2.27. The van der Waals surface area contributed by atoms with Crippen LogP contribution in [0.3, 0.4) is 0 Å². The van der Waals surface area contributed by atoms with Gasteiger partial charge < -0.3 is 0 Å². The highest BCUT2D eigenvalue weighted by atomic mass is 35.5. The van der Waals surface area contributed by atoms with E-state index in [9.17, 15) is 8.42 Å². The van der Waals surface area contributed by atoms with Crippen LogP contribution in [-0.4, -0.2) is 15.0 Å². The van der Waals surface area contributed by atoms with E-state index < -0.39 is 10.1 Å². The summed E-state index contributed by atoms with van der Waals surface area (Å²) in [6.07, 6.45) is 3.85. The molecule has 0 N–H and O–H groups in total. The van der Waals surface area contributed by atoms with Crippen LogP contribution in [0.25, 0.3) is 0 Å². The van der Waals surface area contributed by atoms with Crippen molar-refractivity contribution in [2.75, 3.05) is 6.61 Å². The molecule has 0 unspecified atom stereocenters. The number of halogens is 2. The van der Waals surface area contributed by atoms with Crippen molar-refractivity contribution in [3.8, 4) is 0 Å². The van der Waals surface area contributed by atoms with Gasteiger partial charge in [-0.25, -0.2) is 0 Å². The largest absolute Gasteiger partial charge is 0.297 e. The van der Waals surface area contributed by atoms with Crippen molar-refractivity contribution in [2.45, 2.75) is 37.5 Å². The highest BCUT2D eigenvalue weighted by Gasteiger charge is 2.16. The van der Waals surface area contributed by atoms with Gasteiger partial charge in [0.1, 0.15) is 0 Å². The third kappa shape index (κ3) is 5.14. The molecular formula is C12H16Cl2O3S. The SMILES string of the molecule is CCCCCCOS(=O)(=O)c1cc(Cl)cc(Cl)c1. The lowest BCUT2D eigenvalue weighted by Gasteiger charge is -2.06. The van der Waals surface area contributed by atoms with Gasteiger partial charge in [0.05, 0.1) is 11.5 Å². The van der Waals surface area contributed by atoms with E-state index in [1.54, 1.807) is 0 Å². The highest BCUT2D eigenvalue weighted by molar-refractivity contribution is 7.86. The molecule has 1 aromatic carbocycles. The van der Waals surface area contributed by atoms with Crippen LogP contribution in [0.4, 0.5) is 0 Å². The monoisotopic (exact) mass is 310 g/mol. The van der Waals surface area contributed by atoms with E-state index in [4.69, 9.17) is 27.4 Å². The standard InChI is InChI=1S/C12H16Cl2O3S/c1-2-3-4-5-6-17-18(15,16)12-8-10(13)7-11(14)9-12/h7-9H,2-6H2,1H3. The Balaban J connectivity index is 2.63. The van der Waals surface area contributed by atoms with Crippen molar-refractivity contribution in [3.05, 3.63) is 28.2 Å². The summed E-state index contributed by atoms with van der Waals surface area (Å²) in [6.45, 7) is 2.28. The van der Waals surface area contributed by atoms with Crippen LogP contribution < -0.4 is 0 Å². The molecule has 1 rings (SSSR count). The van der Waals surface area contributed by atoms with Crippen molar-refractivity contribution in [3.63, 3.8) is 0 Å². The molecule has 6 heteroatoms. The maximum Gasteiger partial charge on any atom is 0.297 e. The van der Waals surface area contributed by atoms with Crippen LogP contribution >= 0.6 is 23.2 Å². The summed E-state index contributed by atoms with van der Waals surface area (Å²) in [5, 5.41) is 0.548. The molecule has 3 nitrogen and oxygen atoms in total. The van der Waals surface area contributed by atoms with Gasteiger partial charge in [0.25, 0.3) is 10.1 Å². The van der Waals surface area contributed by atoms with Crippen LogP contribution in [0.5, 0.6) is 0 Å². The Kier molecular flexibility index (Phi) is 6.43. The van der Waals surface area contributed by atoms with Crippen molar-refractivity contribution < 1.29 is 12.6 Å². The Morgan fingerprint density at radius 2 is 1.67 bits per heavy atom. The lowest BCUT2D eigenvalue weighted by atomic mass is 10.2. The molecule has 0 spiro atoms. The number of rotatable bonds is 7. The van der Waals surface area contributed by atoms with Crippen molar-refractivity contribution in [1.82, 2.24) is 0 Å². The van der Waals surface area contributed by atoms with Gasteiger partial charge in [0, 0.05) is 10.0 Å². The van der Waals surface area contributed by atoms with Crippen LogP contribution in [0.15, 0.2) is 23.1 Å². The fourth-order valence-electron chi connectivity index (χ4n) is 1.44. The fourth-order valence-corrected chi connectivity index (χ4v) is 3.11. The maximum absolute atomic E-state index is 11.8. The van der Waals surface area contributed by atoms with Crippen LogP contribution in [0, 0.1) is 0 Å².